The minimum atomic E-state index is -0.919. The van der Waals surface area contributed by atoms with E-state index in [9.17, 15) is 19.5 Å². The number of carboxylic acid groups (broad SMARTS) is 1. The number of carbonyl (C=O) groups is 3. The molecular weight excluding hydrogens is 408 g/mol. The van der Waals surface area contributed by atoms with Gasteiger partial charge in [0.25, 0.3) is 0 Å². The van der Waals surface area contributed by atoms with Crippen LogP contribution in [0.2, 0.25) is 0 Å². The van der Waals surface area contributed by atoms with Crippen molar-refractivity contribution in [3.63, 3.8) is 0 Å². The van der Waals surface area contributed by atoms with E-state index in [0.29, 0.717) is 25.4 Å². The second kappa shape index (κ2) is 12.0. The molecule has 1 amide bonds. The molecule has 3 rings (SSSR count). The lowest BCUT2D eigenvalue weighted by molar-refractivity contribution is -0.151. The van der Waals surface area contributed by atoms with Crippen molar-refractivity contribution in [2.75, 3.05) is 6.61 Å². The van der Waals surface area contributed by atoms with Crippen molar-refractivity contribution in [3.8, 4) is 0 Å². The van der Waals surface area contributed by atoms with Gasteiger partial charge in [-0.3, -0.25) is 14.9 Å². The number of fused-ring (bicyclic) bond motifs is 1. The number of rotatable bonds is 9. The average Bonchev–Trinajstić information content (AvgIpc) is 2.99. The van der Waals surface area contributed by atoms with Crippen molar-refractivity contribution in [2.24, 2.45) is 11.8 Å². The van der Waals surface area contributed by atoms with E-state index in [1.54, 1.807) is 18.7 Å². The second-order valence-electron chi connectivity index (χ2n) is 10.1. The van der Waals surface area contributed by atoms with Gasteiger partial charge in [-0.1, -0.05) is 51.4 Å². The Labute approximate surface area is 192 Å². The van der Waals surface area contributed by atoms with Crippen molar-refractivity contribution in [3.05, 3.63) is 0 Å². The van der Waals surface area contributed by atoms with E-state index in [1.807, 2.05) is 0 Å². The summed E-state index contributed by atoms with van der Waals surface area (Å²) in [6.45, 7) is 3.86. The lowest BCUT2D eigenvalue weighted by Gasteiger charge is -2.33. The lowest BCUT2D eigenvalue weighted by Crippen LogP contribution is -2.55. The molecule has 2 aliphatic carbocycles. The quantitative estimate of drug-likeness (QED) is 0.518. The molecule has 7 heteroatoms. The van der Waals surface area contributed by atoms with Gasteiger partial charge in [0.1, 0.15) is 12.1 Å². The molecule has 1 heterocycles. The van der Waals surface area contributed by atoms with Crippen LogP contribution < -0.4 is 5.32 Å². The Balaban J connectivity index is 1.67. The number of hydrogen-bond acceptors (Lipinski definition) is 5. The summed E-state index contributed by atoms with van der Waals surface area (Å²) < 4.78 is 5.29. The molecular formula is C25H42N2O5. The van der Waals surface area contributed by atoms with Gasteiger partial charge in [-0.2, -0.15) is 0 Å². The van der Waals surface area contributed by atoms with Gasteiger partial charge in [0.15, 0.2) is 0 Å². The summed E-state index contributed by atoms with van der Waals surface area (Å²) in [6, 6.07) is -1.92. The van der Waals surface area contributed by atoms with Crippen LogP contribution >= 0.6 is 0 Å². The van der Waals surface area contributed by atoms with E-state index < -0.39 is 24.1 Å². The molecule has 3 aliphatic rings. The molecule has 5 atom stereocenters. The molecule has 1 aliphatic heterocycles. The van der Waals surface area contributed by atoms with Crippen LogP contribution in [0.3, 0.4) is 0 Å². The predicted octanol–water partition coefficient (Wildman–Crippen LogP) is 3.89. The molecule has 7 nitrogen and oxygen atoms in total. The number of carbonyl (C=O) groups excluding carboxylic acids is 2. The van der Waals surface area contributed by atoms with Gasteiger partial charge < -0.3 is 14.7 Å². The fourth-order valence-corrected chi connectivity index (χ4v) is 6.16. The third-order valence-electron chi connectivity index (χ3n) is 7.86. The van der Waals surface area contributed by atoms with Crippen LogP contribution in [-0.4, -0.2) is 58.6 Å². The lowest BCUT2D eigenvalue weighted by atomic mass is 9.85. The van der Waals surface area contributed by atoms with Crippen molar-refractivity contribution in [2.45, 2.75) is 121 Å². The van der Waals surface area contributed by atoms with Crippen LogP contribution in [0.4, 0.5) is 0 Å². The molecule has 1 saturated heterocycles. The summed E-state index contributed by atoms with van der Waals surface area (Å²) in [7, 11) is 0. The van der Waals surface area contributed by atoms with Crippen molar-refractivity contribution < 1.29 is 24.2 Å². The Morgan fingerprint density at radius 3 is 2.34 bits per heavy atom. The zero-order valence-corrected chi connectivity index (χ0v) is 19.9. The van der Waals surface area contributed by atoms with Crippen LogP contribution in [0, 0.1) is 11.8 Å². The molecule has 0 radical (unpaired) electrons. The minimum Gasteiger partial charge on any atom is -0.480 e. The van der Waals surface area contributed by atoms with Gasteiger partial charge in [0.05, 0.1) is 12.6 Å². The standard InChI is InChI=1S/C25H42N2O5/c1-3-32-25(31)20(15-14-18-10-6-4-7-11-18)26-17(2)23(28)27-21-13-9-5-8-12-19(21)16-22(27)24(29)30/h17-22,26H,3-16H2,1-2H3,(H,29,30)/t17-,19?,20?,21?,22?/m0/s1. The van der Waals surface area contributed by atoms with Crippen LogP contribution in [0.15, 0.2) is 0 Å². The molecule has 4 unspecified atom stereocenters. The number of amides is 1. The van der Waals surface area contributed by atoms with Crippen molar-refractivity contribution in [1.82, 2.24) is 10.2 Å². The van der Waals surface area contributed by atoms with Crippen LogP contribution in [0.5, 0.6) is 0 Å². The van der Waals surface area contributed by atoms with E-state index in [-0.39, 0.29) is 23.8 Å². The number of carboxylic acids is 1. The Morgan fingerprint density at radius 2 is 1.69 bits per heavy atom. The molecule has 0 bridgehead atoms. The normalized spacial score (nSPS) is 28.4. The van der Waals surface area contributed by atoms with E-state index in [4.69, 9.17) is 4.74 Å². The van der Waals surface area contributed by atoms with E-state index in [1.165, 1.54) is 32.1 Å². The van der Waals surface area contributed by atoms with Crippen LogP contribution in [0.1, 0.15) is 97.3 Å². The van der Waals surface area contributed by atoms with Crippen LogP contribution in [-0.2, 0) is 19.1 Å². The molecule has 182 valence electrons. The zero-order chi connectivity index (χ0) is 23.1. The first-order chi connectivity index (χ1) is 15.4. The molecule has 0 aromatic carbocycles. The number of likely N-dealkylation sites (tertiary alicyclic amines) is 1. The topological polar surface area (TPSA) is 95.9 Å². The second-order valence-corrected chi connectivity index (χ2v) is 10.1. The van der Waals surface area contributed by atoms with E-state index in [2.05, 4.69) is 5.32 Å². The van der Waals surface area contributed by atoms with Gasteiger partial charge in [0, 0.05) is 6.04 Å². The largest absolute Gasteiger partial charge is 0.480 e. The number of aliphatic carboxylic acids is 1. The van der Waals surface area contributed by atoms with Gasteiger partial charge >= 0.3 is 11.9 Å². The number of hydrogen-bond donors (Lipinski definition) is 2. The molecule has 32 heavy (non-hydrogen) atoms. The Hall–Kier alpha value is -1.63. The van der Waals surface area contributed by atoms with Gasteiger partial charge in [0.2, 0.25) is 5.91 Å². The molecule has 2 N–H and O–H groups in total. The highest BCUT2D eigenvalue weighted by Gasteiger charge is 2.48. The third kappa shape index (κ3) is 6.24. The van der Waals surface area contributed by atoms with E-state index in [0.717, 1.165) is 38.5 Å². The zero-order valence-electron chi connectivity index (χ0n) is 19.9. The molecule has 0 aromatic heterocycles. The third-order valence-corrected chi connectivity index (χ3v) is 7.86. The first kappa shape index (κ1) is 25.0. The summed E-state index contributed by atoms with van der Waals surface area (Å²) in [5, 5.41) is 13.0. The number of ether oxygens (including phenoxy) is 1. The minimum absolute atomic E-state index is 0.00127. The first-order valence-corrected chi connectivity index (χ1v) is 12.9. The maximum Gasteiger partial charge on any atom is 0.326 e. The summed E-state index contributed by atoms with van der Waals surface area (Å²) in [6.07, 6.45) is 13.5. The van der Waals surface area contributed by atoms with Crippen molar-refractivity contribution in [1.29, 1.82) is 0 Å². The fraction of sp³-hybridized carbons (Fsp3) is 0.880. The molecule has 0 aromatic rings. The van der Waals surface area contributed by atoms with Crippen LogP contribution in [0.25, 0.3) is 0 Å². The Kier molecular flexibility index (Phi) is 9.38. The molecule has 0 spiro atoms. The fourth-order valence-electron chi connectivity index (χ4n) is 6.16. The smallest absolute Gasteiger partial charge is 0.326 e. The summed E-state index contributed by atoms with van der Waals surface area (Å²) >= 11 is 0. The average molecular weight is 451 g/mol. The Morgan fingerprint density at radius 1 is 1.03 bits per heavy atom. The predicted molar refractivity (Wildman–Crippen MR) is 122 cm³/mol. The highest BCUT2D eigenvalue weighted by atomic mass is 16.5. The monoisotopic (exact) mass is 450 g/mol. The first-order valence-electron chi connectivity index (χ1n) is 12.9. The number of nitrogens with zero attached hydrogens (tertiary/aromatic N) is 1. The highest BCUT2D eigenvalue weighted by molar-refractivity contribution is 5.88. The van der Waals surface area contributed by atoms with E-state index >= 15 is 0 Å². The maximum atomic E-state index is 13.5. The van der Waals surface area contributed by atoms with Gasteiger partial charge in [-0.05, 0) is 57.8 Å². The molecule has 2 saturated carbocycles. The number of esters is 1. The molecule has 3 fully saturated rings. The summed E-state index contributed by atoms with van der Waals surface area (Å²) in [4.78, 5) is 39.7. The van der Waals surface area contributed by atoms with Crippen molar-refractivity contribution >= 4 is 17.8 Å². The summed E-state index contributed by atoms with van der Waals surface area (Å²) in [5.74, 6) is -0.528. The van der Waals surface area contributed by atoms with Gasteiger partial charge in [-0.25, -0.2) is 4.79 Å². The SMILES string of the molecule is CCOC(=O)C(CCC1CCCCC1)N[C@@H](C)C(=O)N1C(C(=O)O)CC2CCCCCC21. The highest BCUT2D eigenvalue weighted by Crippen LogP contribution is 2.39. The Bertz CT molecular complexity index is 648. The van der Waals surface area contributed by atoms with Gasteiger partial charge in [-0.15, -0.1) is 0 Å². The maximum absolute atomic E-state index is 13.5. The number of nitrogens with one attached hydrogen (secondary N) is 1. The summed E-state index contributed by atoms with van der Waals surface area (Å²) in [5.41, 5.74) is 0.